The van der Waals surface area contributed by atoms with Gasteiger partial charge in [0.2, 0.25) is 0 Å². The van der Waals surface area contributed by atoms with Crippen LogP contribution in [0.4, 0.5) is 0 Å². The van der Waals surface area contributed by atoms with E-state index < -0.39 is 0 Å². The summed E-state index contributed by atoms with van der Waals surface area (Å²) >= 11 is 1.70. The molecule has 3 rings (SSSR count). The zero-order valence-electron chi connectivity index (χ0n) is 13.9. The maximum atomic E-state index is 5.27. The molecule has 0 saturated carbocycles. The largest absolute Gasteiger partial charge is 0.497 e. The number of benzene rings is 2. The summed E-state index contributed by atoms with van der Waals surface area (Å²) in [6.07, 6.45) is 0. The Morgan fingerprint density at radius 2 is 1.75 bits per heavy atom. The van der Waals surface area contributed by atoms with Crippen LogP contribution in [0, 0.1) is 0 Å². The third kappa shape index (κ3) is 4.06. The third-order valence-electron chi connectivity index (χ3n) is 3.84. The highest BCUT2D eigenvalue weighted by atomic mass is 32.1. The number of fused-ring (bicyclic) bond motifs is 1. The fraction of sp³-hybridized carbons (Fsp3) is 0.211. The van der Waals surface area contributed by atoms with Gasteiger partial charge in [0.15, 0.2) is 5.96 Å². The van der Waals surface area contributed by atoms with Gasteiger partial charge in [0.25, 0.3) is 0 Å². The van der Waals surface area contributed by atoms with E-state index in [9.17, 15) is 0 Å². The minimum absolute atomic E-state index is 0.727. The number of aliphatic imine (C=N–C) groups is 1. The van der Waals surface area contributed by atoms with Crippen LogP contribution in [-0.4, -0.2) is 20.1 Å². The number of guanidine groups is 1. The lowest BCUT2D eigenvalue weighted by Crippen LogP contribution is -2.36. The number of thiophene rings is 1. The highest BCUT2D eigenvalue weighted by molar-refractivity contribution is 7.07. The lowest BCUT2D eigenvalue weighted by molar-refractivity contribution is 0.415. The highest BCUT2D eigenvalue weighted by Crippen LogP contribution is 2.21. The predicted octanol–water partition coefficient (Wildman–Crippen LogP) is 3.78. The van der Waals surface area contributed by atoms with Gasteiger partial charge in [-0.25, -0.2) is 0 Å². The molecule has 1 heterocycles. The highest BCUT2D eigenvalue weighted by Gasteiger charge is 2.02. The van der Waals surface area contributed by atoms with E-state index in [0.29, 0.717) is 0 Å². The molecule has 0 atom stereocenters. The van der Waals surface area contributed by atoms with Gasteiger partial charge in [0, 0.05) is 20.1 Å². The molecule has 5 heteroatoms. The summed E-state index contributed by atoms with van der Waals surface area (Å²) < 4.78 is 5.27. The summed E-state index contributed by atoms with van der Waals surface area (Å²) in [6.45, 7) is 1.51. The summed E-state index contributed by atoms with van der Waals surface area (Å²) in [7, 11) is 3.48. The molecule has 0 aliphatic carbocycles. The Morgan fingerprint density at radius 3 is 2.46 bits per heavy atom. The van der Waals surface area contributed by atoms with Crippen LogP contribution in [0.1, 0.15) is 11.1 Å². The second-order valence-electron chi connectivity index (χ2n) is 5.46. The first-order chi connectivity index (χ1) is 11.8. The molecule has 4 nitrogen and oxygen atoms in total. The lowest BCUT2D eigenvalue weighted by Gasteiger charge is -2.12. The molecule has 124 valence electrons. The average molecular weight is 339 g/mol. The quantitative estimate of drug-likeness (QED) is 0.549. The fourth-order valence-electron chi connectivity index (χ4n) is 2.50. The van der Waals surface area contributed by atoms with Crippen LogP contribution in [0.2, 0.25) is 0 Å². The number of hydrogen-bond acceptors (Lipinski definition) is 3. The van der Waals surface area contributed by atoms with Crippen molar-refractivity contribution in [1.29, 1.82) is 0 Å². The first-order valence-electron chi connectivity index (χ1n) is 7.81. The molecule has 2 N–H and O–H groups in total. The van der Waals surface area contributed by atoms with E-state index in [4.69, 9.17) is 4.74 Å². The Labute approximate surface area is 146 Å². The first-order valence-corrected chi connectivity index (χ1v) is 8.75. The van der Waals surface area contributed by atoms with Crippen LogP contribution in [-0.2, 0) is 13.1 Å². The van der Waals surface area contributed by atoms with Crippen molar-refractivity contribution in [2.75, 3.05) is 14.2 Å². The van der Waals surface area contributed by atoms with Crippen molar-refractivity contribution in [2.45, 2.75) is 13.1 Å². The summed E-state index contributed by atoms with van der Waals surface area (Å²) in [5.74, 6) is 1.68. The van der Waals surface area contributed by atoms with Gasteiger partial charge >= 0.3 is 0 Å². The van der Waals surface area contributed by atoms with Crippen LogP contribution in [0.15, 0.2) is 58.2 Å². The van der Waals surface area contributed by atoms with Crippen LogP contribution in [0.25, 0.3) is 10.8 Å². The van der Waals surface area contributed by atoms with Gasteiger partial charge in [-0.15, -0.1) is 0 Å². The number of nitrogens with one attached hydrogen (secondary N) is 2. The molecular formula is C19H21N3OS. The summed E-state index contributed by atoms with van der Waals surface area (Å²) in [5.41, 5.74) is 2.48. The lowest BCUT2D eigenvalue weighted by atomic mass is 10.1. The van der Waals surface area contributed by atoms with Crippen molar-refractivity contribution >= 4 is 28.1 Å². The summed E-state index contributed by atoms with van der Waals surface area (Å²) in [4.78, 5) is 4.27. The molecule has 0 spiro atoms. The van der Waals surface area contributed by atoms with Crippen LogP contribution < -0.4 is 15.4 Å². The normalized spacial score (nSPS) is 11.5. The van der Waals surface area contributed by atoms with E-state index in [-0.39, 0.29) is 0 Å². The zero-order valence-corrected chi connectivity index (χ0v) is 14.7. The topological polar surface area (TPSA) is 45.7 Å². The minimum atomic E-state index is 0.727. The molecule has 0 unspecified atom stereocenters. The minimum Gasteiger partial charge on any atom is -0.497 e. The Hall–Kier alpha value is -2.53. The van der Waals surface area contributed by atoms with E-state index in [1.54, 1.807) is 25.5 Å². The molecule has 0 aliphatic rings. The van der Waals surface area contributed by atoms with Crippen molar-refractivity contribution in [3.05, 3.63) is 64.4 Å². The van der Waals surface area contributed by atoms with E-state index in [1.807, 2.05) is 12.1 Å². The third-order valence-corrected chi connectivity index (χ3v) is 4.57. The Kier molecular flexibility index (Phi) is 5.33. The van der Waals surface area contributed by atoms with Gasteiger partial charge in [0.1, 0.15) is 5.75 Å². The van der Waals surface area contributed by atoms with Gasteiger partial charge in [-0.05, 0) is 56.9 Å². The molecule has 0 radical (unpaired) electrons. The van der Waals surface area contributed by atoms with E-state index in [2.05, 4.69) is 56.7 Å². The molecular weight excluding hydrogens is 318 g/mol. The second kappa shape index (κ2) is 7.84. The van der Waals surface area contributed by atoms with Gasteiger partial charge in [0.05, 0.1) is 7.11 Å². The summed E-state index contributed by atoms with van der Waals surface area (Å²) in [6, 6.07) is 14.7. The summed E-state index contributed by atoms with van der Waals surface area (Å²) in [5, 5.41) is 13.3. The van der Waals surface area contributed by atoms with Crippen LogP contribution >= 0.6 is 11.3 Å². The number of rotatable bonds is 5. The Morgan fingerprint density at radius 1 is 1.00 bits per heavy atom. The maximum Gasteiger partial charge on any atom is 0.191 e. The van der Waals surface area contributed by atoms with Crippen molar-refractivity contribution < 1.29 is 4.74 Å². The Bertz CT molecular complexity index is 828. The van der Waals surface area contributed by atoms with E-state index in [0.717, 1.165) is 24.8 Å². The predicted molar refractivity (Wildman–Crippen MR) is 102 cm³/mol. The zero-order chi connectivity index (χ0) is 16.8. The Balaban J connectivity index is 1.61. The fourth-order valence-corrected chi connectivity index (χ4v) is 3.16. The monoisotopic (exact) mass is 339 g/mol. The molecule has 0 saturated heterocycles. The molecule has 0 bridgehead atoms. The number of hydrogen-bond donors (Lipinski definition) is 2. The van der Waals surface area contributed by atoms with Crippen LogP contribution in [0.3, 0.4) is 0 Å². The van der Waals surface area contributed by atoms with Crippen molar-refractivity contribution in [2.24, 2.45) is 4.99 Å². The molecule has 3 aromatic rings. The van der Waals surface area contributed by atoms with Gasteiger partial charge < -0.3 is 15.4 Å². The van der Waals surface area contributed by atoms with Gasteiger partial charge in [-0.3, -0.25) is 4.99 Å². The molecule has 24 heavy (non-hydrogen) atoms. The average Bonchev–Trinajstić information content (AvgIpc) is 3.14. The van der Waals surface area contributed by atoms with E-state index >= 15 is 0 Å². The first kappa shape index (κ1) is 16.3. The van der Waals surface area contributed by atoms with Crippen molar-refractivity contribution in [1.82, 2.24) is 10.6 Å². The smallest absolute Gasteiger partial charge is 0.191 e. The van der Waals surface area contributed by atoms with Gasteiger partial charge in [-0.2, -0.15) is 11.3 Å². The number of methoxy groups -OCH3 is 1. The van der Waals surface area contributed by atoms with Crippen molar-refractivity contribution in [3.63, 3.8) is 0 Å². The standard InChI is InChI=1S/C19H21N3OS/c1-20-19(22-12-15-7-8-24-13-15)21-11-14-3-4-17-10-18(23-2)6-5-16(17)9-14/h3-10,13H,11-12H2,1-2H3,(H2,20,21,22). The van der Waals surface area contributed by atoms with Crippen LogP contribution in [0.5, 0.6) is 5.75 Å². The maximum absolute atomic E-state index is 5.27. The number of nitrogens with zero attached hydrogens (tertiary/aromatic N) is 1. The molecule has 0 amide bonds. The number of ether oxygens (including phenoxy) is 1. The molecule has 0 fully saturated rings. The van der Waals surface area contributed by atoms with E-state index in [1.165, 1.54) is 21.9 Å². The van der Waals surface area contributed by atoms with Crippen molar-refractivity contribution in [3.8, 4) is 5.75 Å². The molecule has 1 aromatic heterocycles. The molecule has 2 aromatic carbocycles. The van der Waals surface area contributed by atoms with Gasteiger partial charge in [-0.1, -0.05) is 18.2 Å². The SMILES string of the molecule is CN=C(NCc1ccsc1)NCc1ccc2cc(OC)ccc2c1. The molecule has 0 aliphatic heterocycles. The second-order valence-corrected chi connectivity index (χ2v) is 6.24.